The summed E-state index contributed by atoms with van der Waals surface area (Å²) < 4.78 is 58.3. The molecule has 2 heterocycles. The van der Waals surface area contributed by atoms with E-state index in [0.717, 1.165) is 0 Å². The number of amidine groups is 1. The summed E-state index contributed by atoms with van der Waals surface area (Å²) in [5.74, 6) is 1.75. The lowest BCUT2D eigenvalue weighted by molar-refractivity contribution is -0.293. The third-order valence-electron chi connectivity index (χ3n) is 5.90. The number of aliphatic imine (C=N–C) groups is 1. The molecule has 34 heavy (non-hydrogen) atoms. The minimum atomic E-state index is -4.82. The standard InChI is InChI=1S/C24H27F3N2O5/c1-29(2)18-12-17-19(28-18)20(30)21(31)22(34-17)23(24(25,26)27)32-13-14-8-10-16(11-9-14)33-15-6-4-3-5-7-15/h3-11,17,19-23,30-31H,12-13H2,1-2H3/t17-,19+,20-,21+,22?,23-/m1/s1. The number of alkyl halides is 3. The first-order chi connectivity index (χ1) is 16.1. The Morgan fingerprint density at radius 1 is 1.03 bits per heavy atom. The lowest BCUT2D eigenvalue weighted by atomic mass is 9.90. The fourth-order valence-electron chi connectivity index (χ4n) is 4.10. The van der Waals surface area contributed by atoms with Gasteiger partial charge < -0.3 is 29.3 Å². The van der Waals surface area contributed by atoms with Crippen LogP contribution in [0.5, 0.6) is 11.5 Å². The first-order valence-electron chi connectivity index (χ1n) is 10.9. The molecule has 2 aromatic rings. The van der Waals surface area contributed by atoms with Crippen LogP contribution in [0.1, 0.15) is 12.0 Å². The topological polar surface area (TPSA) is 83.8 Å². The fourth-order valence-corrected chi connectivity index (χ4v) is 4.10. The Morgan fingerprint density at radius 2 is 1.68 bits per heavy atom. The third kappa shape index (κ3) is 5.35. The molecule has 1 saturated heterocycles. The van der Waals surface area contributed by atoms with Gasteiger partial charge in [0.2, 0.25) is 0 Å². The van der Waals surface area contributed by atoms with Crippen LogP contribution in [-0.4, -0.2) is 77.8 Å². The van der Waals surface area contributed by atoms with Crippen LogP contribution in [-0.2, 0) is 16.1 Å². The average molecular weight is 480 g/mol. The molecule has 2 aliphatic heterocycles. The number of hydrogen-bond donors (Lipinski definition) is 2. The van der Waals surface area contributed by atoms with Gasteiger partial charge in [0, 0.05) is 20.5 Å². The highest BCUT2D eigenvalue weighted by Gasteiger charge is 2.56. The van der Waals surface area contributed by atoms with Crippen molar-refractivity contribution in [1.82, 2.24) is 4.90 Å². The average Bonchev–Trinajstić information content (AvgIpc) is 3.23. The van der Waals surface area contributed by atoms with Gasteiger partial charge in [0.25, 0.3) is 0 Å². The van der Waals surface area contributed by atoms with Crippen molar-refractivity contribution >= 4 is 5.84 Å². The van der Waals surface area contributed by atoms with E-state index in [1.165, 1.54) is 0 Å². The molecule has 0 radical (unpaired) electrons. The molecule has 6 atom stereocenters. The molecule has 4 rings (SSSR count). The van der Waals surface area contributed by atoms with E-state index in [-0.39, 0.29) is 13.0 Å². The zero-order valence-corrected chi connectivity index (χ0v) is 18.7. The van der Waals surface area contributed by atoms with E-state index in [2.05, 4.69) is 4.99 Å². The molecule has 0 amide bonds. The van der Waals surface area contributed by atoms with E-state index in [9.17, 15) is 23.4 Å². The number of ether oxygens (including phenoxy) is 3. The van der Waals surface area contributed by atoms with Gasteiger partial charge in [0.05, 0.1) is 12.7 Å². The van der Waals surface area contributed by atoms with Crippen LogP contribution in [0.25, 0.3) is 0 Å². The smallest absolute Gasteiger partial charge is 0.417 e. The maximum absolute atomic E-state index is 13.9. The molecule has 0 aromatic heterocycles. The second kappa shape index (κ2) is 9.91. The maximum Gasteiger partial charge on any atom is 0.417 e. The number of aliphatic hydroxyl groups excluding tert-OH is 2. The normalized spacial score (nSPS) is 27.6. The maximum atomic E-state index is 13.9. The van der Waals surface area contributed by atoms with Gasteiger partial charge in [-0.2, -0.15) is 13.2 Å². The Hall–Kier alpha value is -2.66. The van der Waals surface area contributed by atoms with Gasteiger partial charge in [0.15, 0.2) is 6.10 Å². The van der Waals surface area contributed by atoms with Crippen LogP contribution in [0.15, 0.2) is 59.6 Å². The fraction of sp³-hybridized carbons (Fsp3) is 0.458. The lowest BCUT2D eigenvalue weighted by Gasteiger charge is -2.42. The minimum Gasteiger partial charge on any atom is -0.457 e. The van der Waals surface area contributed by atoms with E-state index in [4.69, 9.17) is 14.2 Å². The van der Waals surface area contributed by atoms with E-state index in [1.807, 2.05) is 18.2 Å². The number of benzene rings is 2. The highest BCUT2D eigenvalue weighted by Crippen LogP contribution is 2.37. The van der Waals surface area contributed by atoms with Gasteiger partial charge in [-0.15, -0.1) is 0 Å². The summed E-state index contributed by atoms with van der Waals surface area (Å²) in [7, 11) is 3.49. The molecule has 1 unspecified atom stereocenters. The molecular weight excluding hydrogens is 453 g/mol. The van der Waals surface area contributed by atoms with Crippen molar-refractivity contribution in [3.63, 3.8) is 0 Å². The summed E-state index contributed by atoms with van der Waals surface area (Å²) in [5.41, 5.74) is 0.484. The lowest BCUT2D eigenvalue weighted by Crippen LogP contribution is -2.62. The molecule has 10 heteroatoms. The van der Waals surface area contributed by atoms with Gasteiger partial charge in [-0.3, -0.25) is 4.99 Å². The van der Waals surface area contributed by atoms with E-state index in [0.29, 0.717) is 22.9 Å². The first-order valence-corrected chi connectivity index (χ1v) is 10.9. The minimum absolute atomic E-state index is 0.241. The predicted octanol–water partition coefficient (Wildman–Crippen LogP) is 3.15. The summed E-state index contributed by atoms with van der Waals surface area (Å²) in [4.78, 5) is 6.01. The summed E-state index contributed by atoms with van der Waals surface area (Å²) in [6.07, 6.45) is -12.9. The Bertz CT molecular complexity index is 984. The molecule has 2 aliphatic rings. The molecule has 2 N–H and O–H groups in total. The predicted molar refractivity (Wildman–Crippen MR) is 118 cm³/mol. The molecule has 0 saturated carbocycles. The van der Waals surface area contributed by atoms with Crippen molar-refractivity contribution in [2.45, 2.75) is 55.8 Å². The van der Waals surface area contributed by atoms with E-state index in [1.54, 1.807) is 55.4 Å². The van der Waals surface area contributed by atoms with Gasteiger partial charge in [0.1, 0.15) is 41.7 Å². The Kier molecular flexibility index (Phi) is 7.13. The molecule has 0 bridgehead atoms. The van der Waals surface area contributed by atoms with Crippen LogP contribution in [0.2, 0.25) is 0 Å². The summed E-state index contributed by atoms with van der Waals surface area (Å²) in [6, 6.07) is 14.7. The molecule has 7 nitrogen and oxygen atoms in total. The van der Waals surface area contributed by atoms with Crippen molar-refractivity contribution in [1.29, 1.82) is 0 Å². The number of hydrogen-bond acceptors (Lipinski definition) is 7. The zero-order valence-electron chi connectivity index (χ0n) is 18.7. The van der Waals surface area contributed by atoms with Crippen LogP contribution in [0.3, 0.4) is 0 Å². The van der Waals surface area contributed by atoms with Crippen LogP contribution < -0.4 is 4.74 Å². The molecule has 0 spiro atoms. The molecule has 184 valence electrons. The Morgan fingerprint density at radius 3 is 2.29 bits per heavy atom. The number of aliphatic hydroxyl groups is 2. The highest BCUT2D eigenvalue weighted by molar-refractivity contribution is 5.84. The number of halogens is 3. The monoisotopic (exact) mass is 480 g/mol. The Balaban J connectivity index is 1.43. The van der Waals surface area contributed by atoms with Gasteiger partial charge in [-0.05, 0) is 29.8 Å². The number of para-hydroxylation sites is 1. The van der Waals surface area contributed by atoms with Crippen LogP contribution in [0.4, 0.5) is 13.2 Å². The summed E-state index contributed by atoms with van der Waals surface area (Å²) >= 11 is 0. The summed E-state index contributed by atoms with van der Waals surface area (Å²) in [6.45, 7) is -0.369. The number of nitrogens with zero attached hydrogens (tertiary/aromatic N) is 2. The van der Waals surface area contributed by atoms with Crippen molar-refractivity contribution in [2.75, 3.05) is 14.1 Å². The van der Waals surface area contributed by atoms with Crippen molar-refractivity contribution < 1.29 is 37.6 Å². The second-order valence-corrected chi connectivity index (χ2v) is 8.59. The van der Waals surface area contributed by atoms with Gasteiger partial charge >= 0.3 is 6.18 Å². The SMILES string of the molecule is CN(C)C1=N[C@@H]2[C@@H](O)[C@H](O)C([C@@H](OCc3ccc(Oc4ccccc4)cc3)C(F)(F)F)O[C@@H]2C1. The number of fused-ring (bicyclic) bond motifs is 1. The largest absolute Gasteiger partial charge is 0.457 e. The molecule has 1 fully saturated rings. The van der Waals surface area contributed by atoms with E-state index < -0.39 is 42.7 Å². The zero-order chi connectivity index (χ0) is 24.5. The van der Waals surface area contributed by atoms with Crippen molar-refractivity contribution in [2.24, 2.45) is 4.99 Å². The van der Waals surface area contributed by atoms with Crippen molar-refractivity contribution in [3.05, 3.63) is 60.2 Å². The Labute approximate surface area is 195 Å². The third-order valence-corrected chi connectivity index (χ3v) is 5.90. The first kappa shape index (κ1) is 24.5. The quantitative estimate of drug-likeness (QED) is 0.661. The number of rotatable bonds is 6. The molecule has 2 aromatic carbocycles. The highest BCUT2D eigenvalue weighted by atomic mass is 19.4. The van der Waals surface area contributed by atoms with Crippen molar-refractivity contribution in [3.8, 4) is 11.5 Å². The second-order valence-electron chi connectivity index (χ2n) is 8.59. The van der Waals surface area contributed by atoms with Gasteiger partial charge in [-0.1, -0.05) is 30.3 Å². The van der Waals surface area contributed by atoms with Crippen LogP contribution in [0, 0.1) is 0 Å². The van der Waals surface area contributed by atoms with Crippen LogP contribution >= 0.6 is 0 Å². The molecular formula is C24H27F3N2O5. The summed E-state index contributed by atoms with van der Waals surface area (Å²) in [5, 5.41) is 20.9. The molecule has 0 aliphatic carbocycles. The van der Waals surface area contributed by atoms with E-state index >= 15 is 0 Å². The van der Waals surface area contributed by atoms with Gasteiger partial charge in [-0.25, -0.2) is 0 Å².